The topological polar surface area (TPSA) is 22.1 Å². The average molecular weight is 184 g/mol. The quantitative estimate of drug-likeness (QED) is 0.672. The summed E-state index contributed by atoms with van der Waals surface area (Å²) >= 11 is 5.60. The monoisotopic (exact) mass is 183 g/mol. The Bertz CT molecular complexity index is 286. The Kier molecular flexibility index (Phi) is 3.11. The molecule has 0 atom stereocenters. The first-order chi connectivity index (χ1) is 5.77. The number of allylic oxidation sites excluding steroid dienone is 1. The fraction of sp³-hybridized carbons (Fsp3) is 0.222. The van der Waals surface area contributed by atoms with Crippen LogP contribution in [0.3, 0.4) is 0 Å². The fourth-order valence-corrected chi connectivity index (χ4v) is 0.931. The summed E-state index contributed by atoms with van der Waals surface area (Å²) in [5, 5.41) is 0. The van der Waals surface area contributed by atoms with E-state index in [9.17, 15) is 0 Å². The number of alkyl halides is 1. The zero-order chi connectivity index (χ0) is 8.97. The standard InChI is InChI=1S/C9H10ClNO/c1-7(6-10)8-4-3-5-9(11-8)12-2/h3-5H,1,6H2,2H3. The molecule has 0 aliphatic rings. The number of ether oxygens (including phenoxy) is 1. The molecule has 1 aromatic heterocycles. The first-order valence-electron chi connectivity index (χ1n) is 3.53. The Morgan fingerprint density at radius 3 is 3.00 bits per heavy atom. The third-order valence-electron chi connectivity index (χ3n) is 1.46. The fourth-order valence-electron chi connectivity index (χ4n) is 0.794. The van der Waals surface area contributed by atoms with Crippen LogP contribution < -0.4 is 4.74 Å². The molecule has 1 heterocycles. The molecule has 0 radical (unpaired) electrons. The van der Waals surface area contributed by atoms with Crippen LogP contribution in [-0.2, 0) is 0 Å². The van der Waals surface area contributed by atoms with Crippen LogP contribution >= 0.6 is 11.6 Å². The molecule has 0 aliphatic heterocycles. The molecule has 1 aromatic rings. The Hall–Kier alpha value is -1.02. The predicted octanol–water partition coefficient (Wildman–Crippen LogP) is 2.34. The summed E-state index contributed by atoms with van der Waals surface area (Å²) in [7, 11) is 1.58. The van der Waals surface area contributed by atoms with Crippen molar-refractivity contribution in [2.75, 3.05) is 13.0 Å². The van der Waals surface area contributed by atoms with Gasteiger partial charge in [0.25, 0.3) is 0 Å². The van der Waals surface area contributed by atoms with Crippen molar-refractivity contribution in [1.29, 1.82) is 0 Å². The van der Waals surface area contributed by atoms with Crippen LogP contribution in [0.4, 0.5) is 0 Å². The maximum Gasteiger partial charge on any atom is 0.213 e. The van der Waals surface area contributed by atoms with E-state index in [0.717, 1.165) is 11.3 Å². The van der Waals surface area contributed by atoms with Gasteiger partial charge in [-0.15, -0.1) is 11.6 Å². The molecule has 0 saturated heterocycles. The van der Waals surface area contributed by atoms with Crippen molar-refractivity contribution in [2.45, 2.75) is 0 Å². The highest BCUT2D eigenvalue weighted by Gasteiger charge is 1.99. The number of hydrogen-bond acceptors (Lipinski definition) is 2. The third-order valence-corrected chi connectivity index (χ3v) is 1.78. The summed E-state index contributed by atoms with van der Waals surface area (Å²) in [6.07, 6.45) is 0. The number of rotatable bonds is 3. The zero-order valence-corrected chi connectivity index (χ0v) is 7.64. The first-order valence-corrected chi connectivity index (χ1v) is 4.06. The number of hydrogen-bond donors (Lipinski definition) is 0. The molecule has 0 N–H and O–H groups in total. The van der Waals surface area contributed by atoms with E-state index in [0.29, 0.717) is 11.8 Å². The van der Waals surface area contributed by atoms with Gasteiger partial charge in [0.05, 0.1) is 12.8 Å². The molecule has 0 unspecified atom stereocenters. The van der Waals surface area contributed by atoms with Gasteiger partial charge < -0.3 is 4.74 Å². The Morgan fingerprint density at radius 2 is 2.42 bits per heavy atom. The van der Waals surface area contributed by atoms with Gasteiger partial charge in [-0.3, -0.25) is 0 Å². The molecule has 2 nitrogen and oxygen atoms in total. The Morgan fingerprint density at radius 1 is 1.67 bits per heavy atom. The summed E-state index contributed by atoms with van der Waals surface area (Å²) in [6, 6.07) is 5.50. The van der Waals surface area contributed by atoms with Crippen molar-refractivity contribution >= 4 is 17.2 Å². The molecule has 0 fully saturated rings. The van der Waals surface area contributed by atoms with Crippen molar-refractivity contribution in [2.24, 2.45) is 0 Å². The molecular weight excluding hydrogens is 174 g/mol. The van der Waals surface area contributed by atoms with E-state index >= 15 is 0 Å². The first kappa shape index (κ1) is 9.07. The van der Waals surface area contributed by atoms with Gasteiger partial charge in [-0.1, -0.05) is 12.6 Å². The molecular formula is C9H10ClNO. The van der Waals surface area contributed by atoms with E-state index in [1.807, 2.05) is 12.1 Å². The minimum Gasteiger partial charge on any atom is -0.481 e. The second-order valence-corrected chi connectivity index (χ2v) is 2.57. The Labute approximate surface area is 76.8 Å². The summed E-state index contributed by atoms with van der Waals surface area (Å²) in [5.41, 5.74) is 1.58. The second-order valence-electron chi connectivity index (χ2n) is 2.30. The lowest BCUT2D eigenvalue weighted by Crippen LogP contribution is -1.92. The van der Waals surface area contributed by atoms with Gasteiger partial charge >= 0.3 is 0 Å². The van der Waals surface area contributed by atoms with Gasteiger partial charge in [0.1, 0.15) is 0 Å². The molecule has 0 bridgehead atoms. The van der Waals surface area contributed by atoms with Gasteiger partial charge in [-0.05, 0) is 11.6 Å². The van der Waals surface area contributed by atoms with E-state index in [-0.39, 0.29) is 0 Å². The molecule has 3 heteroatoms. The smallest absolute Gasteiger partial charge is 0.213 e. The maximum atomic E-state index is 5.60. The molecule has 0 aliphatic carbocycles. The van der Waals surface area contributed by atoms with Crippen molar-refractivity contribution in [3.8, 4) is 5.88 Å². The largest absolute Gasteiger partial charge is 0.481 e. The van der Waals surface area contributed by atoms with Gasteiger partial charge in [0.2, 0.25) is 5.88 Å². The number of nitrogens with zero attached hydrogens (tertiary/aromatic N) is 1. The normalized spacial score (nSPS) is 9.50. The SMILES string of the molecule is C=C(CCl)c1cccc(OC)n1. The number of aromatic nitrogens is 1. The molecule has 0 amide bonds. The van der Waals surface area contributed by atoms with Crippen LogP contribution in [0.15, 0.2) is 24.8 Å². The van der Waals surface area contributed by atoms with Crippen LogP contribution in [0.1, 0.15) is 5.69 Å². The van der Waals surface area contributed by atoms with Gasteiger partial charge in [-0.25, -0.2) is 4.98 Å². The molecule has 1 rings (SSSR count). The average Bonchev–Trinajstić information content (AvgIpc) is 2.17. The van der Waals surface area contributed by atoms with E-state index in [4.69, 9.17) is 16.3 Å². The van der Waals surface area contributed by atoms with Crippen molar-refractivity contribution in [1.82, 2.24) is 4.98 Å². The second kappa shape index (κ2) is 4.12. The van der Waals surface area contributed by atoms with E-state index in [1.165, 1.54) is 0 Å². The molecule has 64 valence electrons. The zero-order valence-electron chi connectivity index (χ0n) is 6.88. The highest BCUT2D eigenvalue weighted by Crippen LogP contribution is 2.14. The predicted molar refractivity (Wildman–Crippen MR) is 50.5 cm³/mol. The number of pyridine rings is 1. The van der Waals surface area contributed by atoms with Crippen molar-refractivity contribution in [3.05, 3.63) is 30.5 Å². The van der Waals surface area contributed by atoms with E-state index < -0.39 is 0 Å². The lowest BCUT2D eigenvalue weighted by Gasteiger charge is -2.02. The summed E-state index contributed by atoms with van der Waals surface area (Å²) in [4.78, 5) is 4.16. The minimum absolute atomic E-state index is 0.389. The number of methoxy groups -OCH3 is 1. The lowest BCUT2D eigenvalue weighted by molar-refractivity contribution is 0.397. The summed E-state index contributed by atoms with van der Waals surface area (Å²) < 4.78 is 4.95. The van der Waals surface area contributed by atoms with Crippen LogP contribution in [0.2, 0.25) is 0 Å². The van der Waals surface area contributed by atoms with Crippen molar-refractivity contribution < 1.29 is 4.74 Å². The van der Waals surface area contributed by atoms with Crippen molar-refractivity contribution in [3.63, 3.8) is 0 Å². The number of halogens is 1. The van der Waals surface area contributed by atoms with Gasteiger partial charge in [0.15, 0.2) is 0 Å². The summed E-state index contributed by atoms with van der Waals surface area (Å²) in [5.74, 6) is 0.971. The van der Waals surface area contributed by atoms with E-state index in [1.54, 1.807) is 13.2 Å². The molecule has 0 aromatic carbocycles. The minimum atomic E-state index is 0.389. The highest BCUT2D eigenvalue weighted by atomic mass is 35.5. The van der Waals surface area contributed by atoms with Gasteiger partial charge in [0, 0.05) is 11.9 Å². The third kappa shape index (κ3) is 1.98. The molecule has 0 spiro atoms. The highest BCUT2D eigenvalue weighted by molar-refractivity contribution is 6.22. The lowest BCUT2D eigenvalue weighted by atomic mass is 10.2. The molecule has 12 heavy (non-hydrogen) atoms. The summed E-state index contributed by atoms with van der Waals surface area (Å²) in [6.45, 7) is 3.77. The van der Waals surface area contributed by atoms with E-state index in [2.05, 4.69) is 11.6 Å². The maximum absolute atomic E-state index is 5.60. The molecule has 0 saturated carbocycles. The van der Waals surface area contributed by atoms with Crippen LogP contribution in [0.5, 0.6) is 5.88 Å². The van der Waals surface area contributed by atoms with Crippen LogP contribution in [0, 0.1) is 0 Å². The Balaban J connectivity index is 2.93. The van der Waals surface area contributed by atoms with Crippen LogP contribution in [-0.4, -0.2) is 18.0 Å². The van der Waals surface area contributed by atoms with Gasteiger partial charge in [-0.2, -0.15) is 0 Å². The van der Waals surface area contributed by atoms with Crippen LogP contribution in [0.25, 0.3) is 5.57 Å².